The quantitative estimate of drug-likeness (QED) is 0.201. The van der Waals surface area contributed by atoms with Gasteiger partial charge in [0.1, 0.15) is 42.1 Å². The largest absolute Gasteiger partial charge is 0.506 e. The fourth-order valence-electron chi connectivity index (χ4n) is 4.34. The van der Waals surface area contributed by atoms with Crippen molar-refractivity contribution in [2.75, 3.05) is 0 Å². The first kappa shape index (κ1) is 29.1. The first-order chi connectivity index (χ1) is 22.1. The lowest BCUT2D eigenvalue weighted by atomic mass is 10.2. The number of hydrogen-bond donors (Lipinski definition) is 1. The Kier molecular flexibility index (Phi) is 8.72. The van der Waals surface area contributed by atoms with E-state index < -0.39 is 0 Å². The molecule has 1 N–H and O–H groups in total. The van der Waals surface area contributed by atoms with Gasteiger partial charge < -0.3 is 28.0 Å². The van der Waals surface area contributed by atoms with Crippen molar-refractivity contribution in [1.29, 1.82) is 0 Å². The number of aromatic hydroxyl groups is 1. The molecule has 0 spiro atoms. The van der Waals surface area contributed by atoms with E-state index in [1.807, 2.05) is 85.3 Å². The zero-order valence-corrected chi connectivity index (χ0v) is 24.7. The van der Waals surface area contributed by atoms with Crippen LogP contribution >= 0.6 is 0 Å². The van der Waals surface area contributed by atoms with E-state index in [1.54, 1.807) is 41.6 Å². The van der Waals surface area contributed by atoms with Crippen LogP contribution in [0.25, 0.3) is 34.5 Å². The van der Waals surface area contributed by atoms with Gasteiger partial charge in [0.25, 0.3) is 11.8 Å². The molecule has 0 saturated carbocycles. The molecule has 7 aromatic rings. The predicted molar refractivity (Wildman–Crippen MR) is 165 cm³/mol. The number of nitrogens with zero attached hydrogens (tertiary/aromatic N) is 8. The minimum Gasteiger partial charge on any atom is -0.506 e. The second-order valence-corrected chi connectivity index (χ2v) is 9.80. The fraction of sp³-hybridized carbons (Fsp3) is 0.152. The smallest absolute Gasteiger partial charge is 0.278 e. The zero-order valence-electron chi connectivity index (χ0n) is 24.7. The van der Waals surface area contributed by atoms with Crippen molar-refractivity contribution in [2.45, 2.75) is 33.3 Å². The molecule has 3 aromatic carbocycles. The zero-order chi connectivity index (χ0) is 31.0. The van der Waals surface area contributed by atoms with E-state index in [-0.39, 0.29) is 5.75 Å². The van der Waals surface area contributed by atoms with Crippen LogP contribution in [0.4, 0.5) is 0 Å². The molecule has 0 aliphatic heterocycles. The molecule has 0 fully saturated rings. The number of aryl methyl sites for hydroxylation is 2. The standard InChI is InChI=1S/C20H18N4O2.C13H12N4O2/c1-2-19-22-20(26-23-19)16-12-24(14-21-16)17-10-6-7-11-18(17)25-13-15-8-4-3-5-9-15;1-2-12-15-13(19-16-12)9-7-17(8-14-9)10-5-3-4-6-11(10)18/h3-12,14H,2,13H2,1H3;3-8,18H,2H2,1H3. The highest BCUT2D eigenvalue weighted by Crippen LogP contribution is 2.26. The van der Waals surface area contributed by atoms with Gasteiger partial charge >= 0.3 is 0 Å². The van der Waals surface area contributed by atoms with Crippen molar-refractivity contribution >= 4 is 0 Å². The lowest BCUT2D eigenvalue weighted by molar-refractivity contribution is 0.305. The third kappa shape index (κ3) is 6.80. The molecule has 12 nitrogen and oxygen atoms in total. The maximum absolute atomic E-state index is 9.79. The number of imidazole rings is 2. The Balaban J connectivity index is 0.000000167. The Morgan fingerprint density at radius 3 is 1.78 bits per heavy atom. The van der Waals surface area contributed by atoms with E-state index in [0.717, 1.165) is 23.4 Å². The number of ether oxygens (including phenoxy) is 1. The van der Waals surface area contributed by atoms with E-state index in [1.165, 1.54) is 0 Å². The van der Waals surface area contributed by atoms with Crippen LogP contribution in [0.2, 0.25) is 0 Å². The van der Waals surface area contributed by atoms with Gasteiger partial charge in [-0.3, -0.25) is 0 Å². The molecule has 0 aliphatic carbocycles. The Hall–Kier alpha value is -6.04. The van der Waals surface area contributed by atoms with Crippen LogP contribution in [-0.4, -0.2) is 44.5 Å². The SMILES string of the molecule is CCc1noc(-c2cn(-c3ccccc3O)cn2)n1.CCc1noc(-c2cn(-c3ccccc3OCc3ccccc3)cn2)n1. The molecule has 0 amide bonds. The topological polar surface area (TPSA) is 143 Å². The Labute approximate surface area is 258 Å². The molecule has 45 heavy (non-hydrogen) atoms. The van der Waals surface area contributed by atoms with Crippen LogP contribution in [0.1, 0.15) is 31.1 Å². The van der Waals surface area contributed by atoms with E-state index in [9.17, 15) is 5.11 Å². The minimum absolute atomic E-state index is 0.186. The van der Waals surface area contributed by atoms with Crippen molar-refractivity contribution < 1.29 is 18.9 Å². The van der Waals surface area contributed by atoms with Crippen molar-refractivity contribution in [3.63, 3.8) is 0 Å². The van der Waals surface area contributed by atoms with E-state index in [2.05, 4.69) is 30.2 Å². The van der Waals surface area contributed by atoms with Gasteiger partial charge in [-0.05, 0) is 29.8 Å². The number of para-hydroxylation sites is 4. The molecular weight excluding hydrogens is 572 g/mol. The van der Waals surface area contributed by atoms with Crippen LogP contribution in [0.3, 0.4) is 0 Å². The molecule has 0 saturated heterocycles. The molecule has 7 rings (SSSR count). The summed E-state index contributed by atoms with van der Waals surface area (Å²) in [6, 6.07) is 24.9. The van der Waals surface area contributed by atoms with Gasteiger partial charge in [-0.15, -0.1) is 0 Å². The average Bonchev–Trinajstić information content (AvgIpc) is 3.91. The molecule has 0 atom stereocenters. The summed E-state index contributed by atoms with van der Waals surface area (Å²) in [4.78, 5) is 17.1. The summed E-state index contributed by atoms with van der Waals surface area (Å²) in [5, 5.41) is 17.5. The third-order valence-corrected chi connectivity index (χ3v) is 6.71. The van der Waals surface area contributed by atoms with Crippen molar-refractivity contribution in [1.82, 2.24) is 39.4 Å². The number of rotatable bonds is 9. The van der Waals surface area contributed by atoms with Gasteiger partial charge in [-0.1, -0.05) is 78.8 Å². The number of benzene rings is 3. The fourth-order valence-corrected chi connectivity index (χ4v) is 4.34. The maximum Gasteiger partial charge on any atom is 0.278 e. The molecule has 0 bridgehead atoms. The van der Waals surface area contributed by atoms with Gasteiger partial charge in [0.05, 0.1) is 11.4 Å². The second-order valence-electron chi connectivity index (χ2n) is 9.80. The normalized spacial score (nSPS) is 10.8. The molecule has 4 heterocycles. The number of aromatic nitrogens is 8. The van der Waals surface area contributed by atoms with Crippen LogP contribution in [0.15, 0.2) is 113 Å². The Bertz CT molecular complexity index is 1980. The maximum atomic E-state index is 9.79. The number of phenols is 1. The van der Waals surface area contributed by atoms with Gasteiger partial charge in [0.2, 0.25) is 0 Å². The van der Waals surface area contributed by atoms with Gasteiger partial charge in [-0.25, -0.2) is 9.97 Å². The first-order valence-electron chi connectivity index (χ1n) is 14.4. The highest BCUT2D eigenvalue weighted by Gasteiger charge is 2.14. The molecule has 0 unspecified atom stereocenters. The van der Waals surface area contributed by atoms with E-state index in [4.69, 9.17) is 13.8 Å². The molecule has 0 aliphatic rings. The van der Waals surface area contributed by atoms with Gasteiger partial charge in [-0.2, -0.15) is 9.97 Å². The second kappa shape index (κ2) is 13.5. The number of hydrogen-bond acceptors (Lipinski definition) is 10. The van der Waals surface area contributed by atoms with Gasteiger partial charge in [0.15, 0.2) is 11.6 Å². The highest BCUT2D eigenvalue weighted by atomic mass is 16.5. The summed E-state index contributed by atoms with van der Waals surface area (Å²) in [5.74, 6) is 3.08. The summed E-state index contributed by atoms with van der Waals surface area (Å²) in [6.45, 7) is 4.44. The van der Waals surface area contributed by atoms with E-state index in [0.29, 0.717) is 53.5 Å². The lowest BCUT2D eigenvalue weighted by Crippen LogP contribution is -2.00. The van der Waals surface area contributed by atoms with Crippen molar-refractivity contribution in [3.8, 4) is 46.0 Å². The van der Waals surface area contributed by atoms with Crippen LogP contribution in [-0.2, 0) is 19.4 Å². The average molecular weight is 603 g/mol. The van der Waals surface area contributed by atoms with E-state index >= 15 is 0 Å². The van der Waals surface area contributed by atoms with Crippen molar-refractivity contribution in [3.05, 3.63) is 121 Å². The summed E-state index contributed by atoms with van der Waals surface area (Å²) in [5.41, 5.74) is 3.88. The summed E-state index contributed by atoms with van der Waals surface area (Å²) in [7, 11) is 0. The number of phenolic OH excluding ortho intramolecular Hbond substituents is 1. The summed E-state index contributed by atoms with van der Waals surface area (Å²) < 4.78 is 20.0. The molecule has 0 radical (unpaired) electrons. The molecular formula is C33H30N8O4. The van der Waals surface area contributed by atoms with Gasteiger partial charge in [0, 0.05) is 25.2 Å². The summed E-state index contributed by atoms with van der Waals surface area (Å²) >= 11 is 0. The summed E-state index contributed by atoms with van der Waals surface area (Å²) in [6.07, 6.45) is 8.35. The van der Waals surface area contributed by atoms with Crippen LogP contribution < -0.4 is 4.74 Å². The lowest BCUT2D eigenvalue weighted by Gasteiger charge is -2.11. The first-order valence-corrected chi connectivity index (χ1v) is 14.4. The monoisotopic (exact) mass is 602 g/mol. The van der Waals surface area contributed by atoms with Crippen molar-refractivity contribution in [2.24, 2.45) is 0 Å². The third-order valence-electron chi connectivity index (χ3n) is 6.71. The molecule has 4 aromatic heterocycles. The Morgan fingerprint density at radius 1 is 0.667 bits per heavy atom. The van der Waals surface area contributed by atoms with Crippen LogP contribution in [0.5, 0.6) is 11.5 Å². The Morgan fingerprint density at radius 2 is 1.20 bits per heavy atom. The molecule has 12 heteroatoms. The predicted octanol–water partition coefficient (Wildman–Crippen LogP) is 6.25. The van der Waals surface area contributed by atoms with Crippen LogP contribution in [0, 0.1) is 0 Å². The highest BCUT2D eigenvalue weighted by molar-refractivity contribution is 5.52. The minimum atomic E-state index is 0.186. The molecule has 226 valence electrons.